The van der Waals surface area contributed by atoms with E-state index in [4.69, 9.17) is 14.2 Å². The van der Waals surface area contributed by atoms with E-state index in [0.29, 0.717) is 60.3 Å². The molecule has 0 bridgehead atoms. The maximum absolute atomic E-state index is 13.4. The molecule has 9 nitrogen and oxygen atoms in total. The van der Waals surface area contributed by atoms with Crippen LogP contribution in [0.4, 0.5) is 0 Å². The molecule has 1 fully saturated rings. The predicted molar refractivity (Wildman–Crippen MR) is 143 cm³/mol. The summed E-state index contributed by atoms with van der Waals surface area (Å²) in [5.41, 5.74) is 2.21. The van der Waals surface area contributed by atoms with Crippen molar-refractivity contribution in [3.8, 4) is 11.5 Å². The SMILES string of the molecule is CCCCOc1ccc(C2C(=C(O)c3c(C)nc4ccccn34)C(=O)C(=O)N2CCCOC)cc1OCC. The van der Waals surface area contributed by atoms with Gasteiger partial charge in [0.05, 0.1) is 30.5 Å². The second kappa shape index (κ2) is 12.1. The van der Waals surface area contributed by atoms with Crippen LogP contribution < -0.4 is 9.47 Å². The number of likely N-dealkylation sites (tertiary alicyclic amines) is 1. The zero-order chi connectivity index (χ0) is 27.2. The van der Waals surface area contributed by atoms with Crippen LogP contribution in [-0.4, -0.2) is 64.6 Å². The Hall–Kier alpha value is -3.85. The Morgan fingerprint density at radius 2 is 1.87 bits per heavy atom. The van der Waals surface area contributed by atoms with Gasteiger partial charge in [-0.05, 0) is 56.5 Å². The molecular weight excluding hydrogens is 486 g/mol. The van der Waals surface area contributed by atoms with Gasteiger partial charge in [-0.2, -0.15) is 0 Å². The third-order valence-corrected chi connectivity index (χ3v) is 6.55. The number of aliphatic hydroxyl groups is 1. The van der Waals surface area contributed by atoms with Crippen LogP contribution in [0, 0.1) is 6.92 Å². The number of benzene rings is 1. The molecular formula is C29H35N3O6. The third-order valence-electron chi connectivity index (χ3n) is 6.55. The first-order valence-corrected chi connectivity index (χ1v) is 13.0. The molecule has 38 heavy (non-hydrogen) atoms. The van der Waals surface area contributed by atoms with Crippen molar-refractivity contribution in [2.45, 2.75) is 46.1 Å². The molecule has 9 heteroatoms. The Kier molecular flexibility index (Phi) is 8.68. The molecule has 2 aromatic heterocycles. The minimum Gasteiger partial charge on any atom is -0.505 e. The van der Waals surface area contributed by atoms with E-state index in [2.05, 4.69) is 11.9 Å². The van der Waals surface area contributed by atoms with E-state index in [1.165, 1.54) is 4.90 Å². The number of methoxy groups -OCH3 is 1. The number of imidazole rings is 1. The summed E-state index contributed by atoms with van der Waals surface area (Å²) in [5, 5.41) is 11.6. The quantitative estimate of drug-likeness (QED) is 0.160. The van der Waals surface area contributed by atoms with Crippen LogP contribution in [0.1, 0.15) is 56.1 Å². The summed E-state index contributed by atoms with van der Waals surface area (Å²) in [7, 11) is 1.59. The number of pyridine rings is 1. The van der Waals surface area contributed by atoms with Crippen LogP contribution in [0.25, 0.3) is 11.4 Å². The van der Waals surface area contributed by atoms with Crippen LogP contribution in [0.15, 0.2) is 48.2 Å². The van der Waals surface area contributed by atoms with Crippen molar-refractivity contribution in [3.05, 3.63) is 65.1 Å². The second-order valence-electron chi connectivity index (χ2n) is 9.15. The van der Waals surface area contributed by atoms with Gasteiger partial charge in [-0.25, -0.2) is 4.98 Å². The number of carbonyl (C=O) groups excluding carboxylic acids is 2. The highest BCUT2D eigenvalue weighted by atomic mass is 16.5. The molecule has 1 aliphatic rings. The smallest absolute Gasteiger partial charge is 0.295 e. The van der Waals surface area contributed by atoms with E-state index in [1.54, 1.807) is 36.8 Å². The summed E-state index contributed by atoms with van der Waals surface area (Å²) >= 11 is 0. The van der Waals surface area contributed by atoms with Gasteiger partial charge in [0.25, 0.3) is 11.7 Å². The Morgan fingerprint density at radius 1 is 1.05 bits per heavy atom. The number of hydrogen-bond donors (Lipinski definition) is 1. The zero-order valence-corrected chi connectivity index (χ0v) is 22.4. The lowest BCUT2D eigenvalue weighted by Gasteiger charge is -2.26. The lowest BCUT2D eigenvalue weighted by Crippen LogP contribution is -2.31. The molecule has 0 aliphatic carbocycles. The number of ketones is 1. The van der Waals surface area contributed by atoms with Gasteiger partial charge in [-0.1, -0.05) is 25.5 Å². The molecule has 1 atom stereocenters. The van der Waals surface area contributed by atoms with Crippen molar-refractivity contribution >= 4 is 23.1 Å². The number of amides is 1. The molecule has 1 saturated heterocycles. The highest BCUT2D eigenvalue weighted by molar-refractivity contribution is 6.46. The monoisotopic (exact) mass is 521 g/mol. The maximum atomic E-state index is 13.4. The lowest BCUT2D eigenvalue weighted by atomic mass is 9.95. The fourth-order valence-electron chi connectivity index (χ4n) is 4.77. The van der Waals surface area contributed by atoms with Crippen molar-refractivity contribution in [1.29, 1.82) is 0 Å². The average Bonchev–Trinajstić information content (AvgIpc) is 3.38. The number of aliphatic hydroxyl groups excluding tert-OH is 1. The first-order chi connectivity index (χ1) is 18.4. The van der Waals surface area contributed by atoms with Crippen LogP contribution in [0.2, 0.25) is 0 Å². The first kappa shape index (κ1) is 27.2. The Labute approximate surface area is 222 Å². The van der Waals surface area contributed by atoms with Gasteiger partial charge in [0.15, 0.2) is 17.3 Å². The van der Waals surface area contributed by atoms with Gasteiger partial charge < -0.3 is 24.2 Å². The number of hydrogen-bond acceptors (Lipinski definition) is 7. The van der Waals surface area contributed by atoms with Crippen molar-refractivity contribution in [2.24, 2.45) is 0 Å². The first-order valence-electron chi connectivity index (χ1n) is 13.0. The highest BCUT2D eigenvalue weighted by Gasteiger charge is 2.46. The molecule has 0 spiro atoms. The molecule has 3 aromatic rings. The second-order valence-corrected chi connectivity index (χ2v) is 9.15. The summed E-state index contributed by atoms with van der Waals surface area (Å²) in [6, 6.07) is 10.1. The van der Waals surface area contributed by atoms with E-state index < -0.39 is 17.7 Å². The molecule has 3 heterocycles. The Bertz CT molecular complexity index is 1350. The number of aromatic nitrogens is 2. The van der Waals surface area contributed by atoms with Crippen molar-refractivity contribution in [1.82, 2.24) is 14.3 Å². The number of aryl methyl sites for hydroxylation is 1. The highest BCUT2D eigenvalue weighted by Crippen LogP contribution is 2.42. The number of Topliss-reactive ketones (excluding diaryl/α,β-unsaturated/α-hetero) is 1. The van der Waals surface area contributed by atoms with Gasteiger partial charge in [-0.3, -0.25) is 14.0 Å². The van der Waals surface area contributed by atoms with Gasteiger partial charge in [0, 0.05) is 26.5 Å². The molecule has 1 unspecified atom stereocenters. The van der Waals surface area contributed by atoms with Gasteiger partial charge in [0.2, 0.25) is 0 Å². The van der Waals surface area contributed by atoms with Crippen molar-refractivity contribution in [3.63, 3.8) is 0 Å². The summed E-state index contributed by atoms with van der Waals surface area (Å²) < 4.78 is 18.7. The van der Waals surface area contributed by atoms with Crippen LogP contribution in [0.3, 0.4) is 0 Å². The van der Waals surface area contributed by atoms with Gasteiger partial charge >= 0.3 is 0 Å². The Balaban J connectivity index is 1.86. The van der Waals surface area contributed by atoms with Crippen LogP contribution in [-0.2, 0) is 14.3 Å². The number of rotatable bonds is 12. The molecule has 1 amide bonds. The van der Waals surface area contributed by atoms with Gasteiger partial charge in [0.1, 0.15) is 11.3 Å². The van der Waals surface area contributed by atoms with E-state index in [1.807, 2.05) is 31.2 Å². The van der Waals surface area contributed by atoms with E-state index in [9.17, 15) is 14.7 Å². The van der Waals surface area contributed by atoms with E-state index in [-0.39, 0.29) is 17.9 Å². The molecule has 202 valence electrons. The number of nitrogens with zero attached hydrogens (tertiary/aromatic N) is 3. The average molecular weight is 522 g/mol. The molecule has 0 saturated carbocycles. The molecule has 1 aliphatic heterocycles. The van der Waals surface area contributed by atoms with E-state index >= 15 is 0 Å². The summed E-state index contributed by atoms with van der Waals surface area (Å²) in [6.45, 7) is 7.42. The number of unbranched alkanes of at least 4 members (excludes halogenated alkanes) is 1. The molecule has 0 radical (unpaired) electrons. The lowest BCUT2D eigenvalue weighted by molar-refractivity contribution is -0.140. The zero-order valence-electron chi connectivity index (χ0n) is 22.4. The molecule has 4 rings (SSSR count). The minimum absolute atomic E-state index is 0.0169. The Morgan fingerprint density at radius 3 is 2.61 bits per heavy atom. The third kappa shape index (κ3) is 5.24. The fourth-order valence-corrected chi connectivity index (χ4v) is 4.77. The van der Waals surface area contributed by atoms with E-state index in [0.717, 1.165) is 12.8 Å². The van der Waals surface area contributed by atoms with Crippen LogP contribution in [0.5, 0.6) is 11.5 Å². The van der Waals surface area contributed by atoms with Crippen molar-refractivity contribution in [2.75, 3.05) is 33.5 Å². The normalized spacial score (nSPS) is 16.9. The largest absolute Gasteiger partial charge is 0.505 e. The number of carbonyl (C=O) groups is 2. The molecule has 1 N–H and O–H groups in total. The minimum atomic E-state index is -0.815. The predicted octanol–water partition coefficient (Wildman–Crippen LogP) is 4.68. The summed E-state index contributed by atoms with van der Waals surface area (Å²) in [6.07, 6.45) is 4.21. The number of ether oxygens (including phenoxy) is 3. The summed E-state index contributed by atoms with van der Waals surface area (Å²) in [4.78, 5) is 32.7. The van der Waals surface area contributed by atoms with Crippen molar-refractivity contribution < 1.29 is 28.9 Å². The standard InChI is InChI=1S/C29H35N3O6/c1-5-7-17-38-21-13-12-20(18-22(21)37-6-2)26-24(28(34)29(35)32(26)15-10-16-36-4)27(33)25-19(3)30-23-11-8-9-14-31(23)25/h8-9,11-14,18,26,33H,5-7,10,15-17H2,1-4H3. The molecule has 1 aromatic carbocycles. The van der Waals surface area contributed by atoms with Crippen LogP contribution >= 0.6 is 0 Å². The topological polar surface area (TPSA) is 103 Å². The van der Waals surface area contributed by atoms with Gasteiger partial charge in [-0.15, -0.1) is 0 Å². The fraction of sp³-hybridized carbons (Fsp3) is 0.414. The summed E-state index contributed by atoms with van der Waals surface area (Å²) in [5.74, 6) is -0.551. The number of fused-ring (bicyclic) bond motifs is 1. The maximum Gasteiger partial charge on any atom is 0.295 e.